The number of fused-ring (bicyclic) bond motifs is 2. The van der Waals surface area contributed by atoms with Gasteiger partial charge in [-0.25, -0.2) is 9.50 Å². The Labute approximate surface area is 175 Å². The molecule has 1 aromatic carbocycles. The average molecular weight is 402 g/mol. The highest BCUT2D eigenvalue weighted by atomic mass is 16.2. The molecule has 1 saturated heterocycles. The first-order valence-corrected chi connectivity index (χ1v) is 10.9. The minimum atomic E-state index is 0.0399. The minimum Gasteiger partial charge on any atom is -0.361 e. The molecule has 1 atom stereocenters. The van der Waals surface area contributed by atoms with Crippen LogP contribution in [0.3, 0.4) is 0 Å². The third-order valence-corrected chi connectivity index (χ3v) is 6.25. The van der Waals surface area contributed by atoms with Crippen molar-refractivity contribution in [2.24, 2.45) is 0 Å². The molecule has 1 aliphatic rings. The number of carbonyl (C=O) groups is 1. The lowest BCUT2D eigenvalue weighted by atomic mass is 10.1. The van der Waals surface area contributed by atoms with Crippen LogP contribution < -0.4 is 0 Å². The molecule has 1 unspecified atom stereocenters. The molecule has 6 nitrogen and oxygen atoms in total. The highest BCUT2D eigenvalue weighted by Crippen LogP contribution is 2.25. The highest BCUT2D eigenvalue weighted by molar-refractivity contribution is 5.93. The van der Waals surface area contributed by atoms with Crippen LogP contribution in [0, 0.1) is 0 Å². The van der Waals surface area contributed by atoms with E-state index in [2.05, 4.69) is 43.1 Å². The number of rotatable bonds is 3. The largest absolute Gasteiger partial charge is 0.361 e. The van der Waals surface area contributed by atoms with Crippen LogP contribution in [0.25, 0.3) is 27.8 Å². The van der Waals surface area contributed by atoms with E-state index >= 15 is 0 Å². The summed E-state index contributed by atoms with van der Waals surface area (Å²) in [7, 11) is 0. The summed E-state index contributed by atoms with van der Waals surface area (Å²) in [5.74, 6) is 0.0399. The molecule has 0 saturated carbocycles. The number of aromatic nitrogens is 4. The van der Waals surface area contributed by atoms with Crippen molar-refractivity contribution in [2.45, 2.75) is 52.0 Å². The maximum Gasteiger partial charge on any atom is 0.272 e. The van der Waals surface area contributed by atoms with Crippen molar-refractivity contribution in [1.29, 1.82) is 0 Å². The van der Waals surface area contributed by atoms with Crippen LogP contribution in [0.1, 0.15) is 55.7 Å². The fourth-order valence-corrected chi connectivity index (χ4v) is 4.48. The maximum atomic E-state index is 13.3. The normalized spacial score (nSPS) is 17.5. The summed E-state index contributed by atoms with van der Waals surface area (Å²) < 4.78 is 1.87. The van der Waals surface area contributed by atoms with Crippen LogP contribution in [-0.4, -0.2) is 43.0 Å². The summed E-state index contributed by atoms with van der Waals surface area (Å²) in [5, 5.41) is 5.96. The summed E-state index contributed by atoms with van der Waals surface area (Å²) in [6.07, 6.45) is 7.24. The van der Waals surface area contributed by atoms with Gasteiger partial charge >= 0.3 is 0 Å². The molecule has 4 aromatic rings. The van der Waals surface area contributed by atoms with Gasteiger partial charge in [-0.3, -0.25) is 4.79 Å². The van der Waals surface area contributed by atoms with Crippen molar-refractivity contribution in [1.82, 2.24) is 24.5 Å². The Morgan fingerprint density at radius 2 is 2.07 bits per heavy atom. The van der Waals surface area contributed by atoms with E-state index < -0.39 is 0 Å². The molecule has 6 heteroatoms. The van der Waals surface area contributed by atoms with E-state index in [4.69, 9.17) is 10.1 Å². The number of likely N-dealkylation sites (tertiary alicyclic amines) is 1. The molecule has 154 valence electrons. The zero-order chi connectivity index (χ0) is 20.7. The monoisotopic (exact) mass is 401 g/mol. The van der Waals surface area contributed by atoms with Gasteiger partial charge in [-0.15, -0.1) is 0 Å². The van der Waals surface area contributed by atoms with Gasteiger partial charge in [0.05, 0.1) is 5.69 Å². The molecule has 3 aromatic heterocycles. The zero-order valence-corrected chi connectivity index (χ0v) is 17.6. The SMILES string of the molecule is CCc1cc(C(=O)N2CCCCCC2C)nc2cc(-c3ccc4[nH]ccc4c3)nn12. The number of carbonyl (C=O) groups excluding carboxylic acids is 1. The predicted molar refractivity (Wildman–Crippen MR) is 119 cm³/mol. The summed E-state index contributed by atoms with van der Waals surface area (Å²) >= 11 is 0. The van der Waals surface area contributed by atoms with Crippen molar-refractivity contribution < 1.29 is 4.79 Å². The summed E-state index contributed by atoms with van der Waals surface area (Å²) in [6.45, 7) is 5.05. The molecule has 1 fully saturated rings. The molecule has 5 rings (SSSR count). The van der Waals surface area contributed by atoms with E-state index in [1.807, 2.05) is 27.7 Å². The van der Waals surface area contributed by atoms with Gasteiger partial charge in [-0.05, 0) is 50.5 Å². The number of hydrogen-bond donors (Lipinski definition) is 1. The van der Waals surface area contributed by atoms with Gasteiger partial charge in [0.15, 0.2) is 5.65 Å². The van der Waals surface area contributed by atoms with Crippen molar-refractivity contribution in [3.05, 3.63) is 54.0 Å². The molecule has 30 heavy (non-hydrogen) atoms. The second-order valence-corrected chi connectivity index (χ2v) is 8.26. The van der Waals surface area contributed by atoms with Gasteiger partial charge in [-0.2, -0.15) is 5.10 Å². The predicted octanol–water partition coefficient (Wildman–Crippen LogP) is 4.84. The van der Waals surface area contributed by atoms with Crippen LogP contribution >= 0.6 is 0 Å². The highest BCUT2D eigenvalue weighted by Gasteiger charge is 2.25. The number of benzene rings is 1. The quantitative estimate of drug-likeness (QED) is 0.534. The topological polar surface area (TPSA) is 66.3 Å². The number of aromatic amines is 1. The molecule has 1 amide bonds. The van der Waals surface area contributed by atoms with Crippen LogP contribution in [0.2, 0.25) is 0 Å². The van der Waals surface area contributed by atoms with Crippen molar-refractivity contribution >= 4 is 22.5 Å². The number of aryl methyl sites for hydroxylation is 1. The molecule has 1 N–H and O–H groups in total. The fraction of sp³-hybridized carbons (Fsp3) is 0.375. The minimum absolute atomic E-state index is 0.0399. The molecular formula is C24H27N5O. The van der Waals surface area contributed by atoms with E-state index in [1.54, 1.807) is 0 Å². The number of nitrogens with one attached hydrogen (secondary N) is 1. The van der Waals surface area contributed by atoms with Gasteiger partial charge in [0.2, 0.25) is 0 Å². The summed E-state index contributed by atoms with van der Waals surface area (Å²) in [6, 6.07) is 12.5. The van der Waals surface area contributed by atoms with Gasteiger partial charge in [0, 0.05) is 47.0 Å². The third-order valence-electron chi connectivity index (χ3n) is 6.25. The lowest BCUT2D eigenvalue weighted by molar-refractivity contribution is 0.0692. The van der Waals surface area contributed by atoms with E-state index in [-0.39, 0.29) is 11.9 Å². The molecular weight excluding hydrogens is 374 g/mol. The van der Waals surface area contributed by atoms with E-state index in [0.29, 0.717) is 5.69 Å². The first kappa shape index (κ1) is 18.9. The van der Waals surface area contributed by atoms with Gasteiger partial charge in [0.25, 0.3) is 5.91 Å². The number of hydrogen-bond acceptors (Lipinski definition) is 3. The van der Waals surface area contributed by atoms with Crippen molar-refractivity contribution in [3.63, 3.8) is 0 Å². The Morgan fingerprint density at radius 3 is 2.93 bits per heavy atom. The molecule has 0 aliphatic carbocycles. The third kappa shape index (κ3) is 3.26. The Kier molecular flexibility index (Phi) is 4.77. The number of amides is 1. The molecule has 1 aliphatic heterocycles. The van der Waals surface area contributed by atoms with Crippen molar-refractivity contribution in [3.8, 4) is 11.3 Å². The Morgan fingerprint density at radius 1 is 1.17 bits per heavy atom. The second kappa shape index (κ2) is 7.59. The zero-order valence-electron chi connectivity index (χ0n) is 17.6. The first-order chi connectivity index (χ1) is 14.6. The number of H-pyrrole nitrogens is 1. The van der Waals surface area contributed by atoms with E-state index in [9.17, 15) is 4.79 Å². The van der Waals surface area contributed by atoms with Gasteiger partial charge in [0.1, 0.15) is 5.69 Å². The molecule has 0 spiro atoms. The van der Waals surface area contributed by atoms with E-state index in [1.165, 1.54) is 12.8 Å². The lowest BCUT2D eigenvalue weighted by Crippen LogP contribution is -2.38. The molecule has 0 radical (unpaired) electrons. The lowest BCUT2D eigenvalue weighted by Gasteiger charge is -2.27. The Hall–Kier alpha value is -3.15. The van der Waals surface area contributed by atoms with Crippen LogP contribution in [0.5, 0.6) is 0 Å². The average Bonchev–Trinajstić information content (AvgIpc) is 3.35. The molecule has 0 bridgehead atoms. The molecule has 4 heterocycles. The number of nitrogens with zero attached hydrogens (tertiary/aromatic N) is 4. The van der Waals surface area contributed by atoms with Crippen LogP contribution in [0.4, 0.5) is 0 Å². The smallest absolute Gasteiger partial charge is 0.272 e. The fourth-order valence-electron chi connectivity index (χ4n) is 4.48. The Bertz CT molecular complexity index is 1220. The summed E-state index contributed by atoms with van der Waals surface area (Å²) in [4.78, 5) is 23.2. The van der Waals surface area contributed by atoms with Gasteiger partial charge in [-0.1, -0.05) is 25.8 Å². The Balaban J connectivity index is 1.55. The van der Waals surface area contributed by atoms with Crippen molar-refractivity contribution in [2.75, 3.05) is 6.54 Å². The van der Waals surface area contributed by atoms with E-state index in [0.717, 1.165) is 59.3 Å². The van der Waals surface area contributed by atoms with Crippen LogP contribution in [0.15, 0.2) is 42.6 Å². The van der Waals surface area contributed by atoms with Crippen LogP contribution in [-0.2, 0) is 6.42 Å². The standard InChI is InChI=1S/C24H27N5O/c1-3-19-14-22(24(30)28-12-6-4-5-7-16(28)2)26-23-15-21(27-29(19)23)17-8-9-20-18(13-17)10-11-25-20/h8-11,13-16,25H,3-7,12H2,1-2H3. The second-order valence-electron chi connectivity index (χ2n) is 8.26. The van der Waals surface area contributed by atoms with Gasteiger partial charge < -0.3 is 9.88 Å². The summed E-state index contributed by atoms with van der Waals surface area (Å²) in [5.41, 5.74) is 5.27. The maximum absolute atomic E-state index is 13.3. The first-order valence-electron chi connectivity index (χ1n) is 10.9.